The van der Waals surface area contributed by atoms with Crippen molar-refractivity contribution in [2.45, 2.75) is 33.2 Å². The summed E-state index contributed by atoms with van der Waals surface area (Å²) in [5.74, 6) is -0.283. The van der Waals surface area contributed by atoms with Crippen LogP contribution in [-0.2, 0) is 6.54 Å². The summed E-state index contributed by atoms with van der Waals surface area (Å²) >= 11 is 0. The third kappa shape index (κ3) is 4.40. The summed E-state index contributed by atoms with van der Waals surface area (Å²) in [5.41, 5.74) is 4.89. The van der Waals surface area contributed by atoms with E-state index in [0.29, 0.717) is 24.0 Å². The smallest absolute Gasteiger partial charge is 0.259 e. The number of carbonyl (C=O) groups excluding carboxylic acids is 1. The molecule has 4 rings (SSSR count). The van der Waals surface area contributed by atoms with Crippen LogP contribution in [0.4, 0.5) is 15.9 Å². The number of rotatable bonds is 6. The molecule has 0 atom stereocenters. The van der Waals surface area contributed by atoms with Crippen LogP contribution < -0.4 is 10.6 Å². The molecule has 0 aliphatic carbocycles. The van der Waals surface area contributed by atoms with Gasteiger partial charge >= 0.3 is 0 Å². The number of nitrogens with zero attached hydrogens (tertiary/aromatic N) is 2. The van der Waals surface area contributed by atoms with E-state index in [1.807, 2.05) is 43.5 Å². The van der Waals surface area contributed by atoms with Crippen molar-refractivity contribution in [2.24, 2.45) is 0 Å². The Morgan fingerprint density at radius 2 is 2.00 bits per heavy atom. The molecule has 3 heterocycles. The molecule has 1 aromatic carbocycles. The number of carbonyl (C=O) groups is 1. The second-order valence-corrected chi connectivity index (χ2v) is 7.79. The fourth-order valence-electron chi connectivity index (χ4n) is 3.70. The van der Waals surface area contributed by atoms with Crippen molar-refractivity contribution < 1.29 is 9.18 Å². The van der Waals surface area contributed by atoms with Gasteiger partial charge in [-0.25, -0.2) is 14.4 Å². The van der Waals surface area contributed by atoms with Crippen molar-refractivity contribution in [3.63, 3.8) is 0 Å². The number of H-pyrrole nitrogens is 1. The largest absolute Gasteiger partial charge is 0.365 e. The highest BCUT2D eigenvalue weighted by molar-refractivity contribution is 6.07. The molecule has 0 bridgehead atoms. The lowest BCUT2D eigenvalue weighted by molar-refractivity contribution is 0.102. The van der Waals surface area contributed by atoms with Crippen LogP contribution in [0, 0.1) is 12.7 Å². The molecule has 3 N–H and O–H groups in total. The second-order valence-electron chi connectivity index (χ2n) is 7.79. The number of pyridine rings is 2. The van der Waals surface area contributed by atoms with Crippen LogP contribution in [0.3, 0.4) is 0 Å². The minimum Gasteiger partial charge on any atom is -0.365 e. The van der Waals surface area contributed by atoms with E-state index in [1.165, 1.54) is 11.6 Å². The first kappa shape index (κ1) is 20.5. The number of anilines is 2. The number of aromatic nitrogens is 3. The number of benzene rings is 1. The molecular formula is C24H24FN5O. The fourth-order valence-corrected chi connectivity index (χ4v) is 3.70. The minimum absolute atomic E-state index is 0.143. The lowest BCUT2D eigenvalue weighted by Gasteiger charge is -2.14. The average Bonchev–Trinajstić information content (AvgIpc) is 3.22. The predicted octanol–water partition coefficient (Wildman–Crippen LogP) is 5.39. The van der Waals surface area contributed by atoms with Gasteiger partial charge in [0.05, 0.1) is 11.8 Å². The van der Waals surface area contributed by atoms with Gasteiger partial charge in [0.15, 0.2) is 0 Å². The van der Waals surface area contributed by atoms with Gasteiger partial charge in [0.1, 0.15) is 17.3 Å². The molecule has 4 aromatic rings. The van der Waals surface area contributed by atoms with E-state index in [1.54, 1.807) is 6.20 Å². The minimum atomic E-state index is -0.570. The summed E-state index contributed by atoms with van der Waals surface area (Å²) in [5, 5.41) is 6.99. The van der Waals surface area contributed by atoms with Gasteiger partial charge in [-0.1, -0.05) is 19.9 Å². The number of hydrogen-bond acceptors (Lipinski definition) is 4. The molecule has 6 nitrogen and oxygen atoms in total. The van der Waals surface area contributed by atoms with Crippen molar-refractivity contribution >= 4 is 28.4 Å². The monoisotopic (exact) mass is 417 g/mol. The molecule has 0 unspecified atom stereocenters. The molecular weight excluding hydrogens is 393 g/mol. The summed E-state index contributed by atoms with van der Waals surface area (Å²) in [6.07, 6.45) is 4.63. The third-order valence-electron chi connectivity index (χ3n) is 5.25. The molecule has 3 aromatic heterocycles. The van der Waals surface area contributed by atoms with Crippen molar-refractivity contribution in [3.8, 4) is 0 Å². The Hall–Kier alpha value is -3.74. The summed E-state index contributed by atoms with van der Waals surface area (Å²) in [7, 11) is 0. The van der Waals surface area contributed by atoms with Gasteiger partial charge in [-0.3, -0.25) is 4.79 Å². The molecule has 0 radical (unpaired) electrons. The van der Waals surface area contributed by atoms with Gasteiger partial charge in [-0.05, 0) is 59.9 Å². The molecule has 0 aliphatic heterocycles. The van der Waals surface area contributed by atoms with E-state index in [9.17, 15) is 9.18 Å². The van der Waals surface area contributed by atoms with Crippen LogP contribution in [0.2, 0.25) is 0 Å². The van der Waals surface area contributed by atoms with Crippen LogP contribution in [-0.4, -0.2) is 20.9 Å². The highest BCUT2D eigenvalue weighted by atomic mass is 19.1. The maximum Gasteiger partial charge on any atom is 0.259 e. The summed E-state index contributed by atoms with van der Waals surface area (Å²) < 4.78 is 13.9. The van der Waals surface area contributed by atoms with Gasteiger partial charge in [-0.2, -0.15) is 0 Å². The first-order valence-electron chi connectivity index (χ1n) is 10.1. The summed E-state index contributed by atoms with van der Waals surface area (Å²) in [6, 6.07) is 10.8. The number of amides is 1. The first-order valence-corrected chi connectivity index (χ1v) is 10.1. The van der Waals surface area contributed by atoms with Crippen molar-refractivity contribution in [2.75, 3.05) is 10.6 Å². The molecule has 7 heteroatoms. The standard InChI is InChI=1S/C24H24FN5O/c1-14(2)19-5-4-18(10-15(19)3)30-24(31)21-11-17(25)13-29-23(21)28-12-16-6-8-26-22-20(16)7-9-27-22/h4-11,13-14H,12H2,1-3H3,(H,26,27)(H,28,29)(H,30,31). The Morgan fingerprint density at radius 1 is 1.16 bits per heavy atom. The summed E-state index contributed by atoms with van der Waals surface area (Å²) in [6.45, 7) is 6.68. The number of halogens is 1. The first-order chi connectivity index (χ1) is 14.9. The zero-order valence-corrected chi connectivity index (χ0v) is 17.7. The Labute approximate surface area is 179 Å². The number of nitrogens with one attached hydrogen (secondary N) is 3. The zero-order valence-electron chi connectivity index (χ0n) is 17.7. The van der Waals surface area contributed by atoms with Gasteiger partial charge < -0.3 is 15.6 Å². The molecule has 158 valence electrons. The van der Waals surface area contributed by atoms with E-state index in [2.05, 4.69) is 39.4 Å². The van der Waals surface area contributed by atoms with Crippen LogP contribution in [0.25, 0.3) is 11.0 Å². The maximum absolute atomic E-state index is 13.9. The van der Waals surface area contributed by atoms with E-state index in [4.69, 9.17) is 0 Å². The van der Waals surface area contributed by atoms with Crippen molar-refractivity contribution in [1.82, 2.24) is 15.0 Å². The maximum atomic E-state index is 13.9. The van der Waals surface area contributed by atoms with Crippen LogP contribution >= 0.6 is 0 Å². The van der Waals surface area contributed by atoms with E-state index in [0.717, 1.165) is 28.4 Å². The molecule has 0 fully saturated rings. The Balaban J connectivity index is 1.56. The molecule has 0 aliphatic rings. The third-order valence-corrected chi connectivity index (χ3v) is 5.25. The van der Waals surface area contributed by atoms with E-state index >= 15 is 0 Å². The van der Waals surface area contributed by atoms with Crippen molar-refractivity contribution in [1.29, 1.82) is 0 Å². The van der Waals surface area contributed by atoms with E-state index < -0.39 is 11.7 Å². The topological polar surface area (TPSA) is 82.7 Å². The zero-order chi connectivity index (χ0) is 22.0. The van der Waals surface area contributed by atoms with E-state index in [-0.39, 0.29) is 5.56 Å². The van der Waals surface area contributed by atoms with Gasteiger partial charge in [0.25, 0.3) is 5.91 Å². The number of hydrogen-bond donors (Lipinski definition) is 3. The highest BCUT2D eigenvalue weighted by Crippen LogP contribution is 2.24. The predicted molar refractivity (Wildman–Crippen MR) is 121 cm³/mol. The number of fused-ring (bicyclic) bond motifs is 1. The highest BCUT2D eigenvalue weighted by Gasteiger charge is 2.16. The Kier molecular flexibility index (Phi) is 5.66. The van der Waals surface area contributed by atoms with Crippen LogP contribution in [0.15, 0.2) is 55.0 Å². The van der Waals surface area contributed by atoms with Crippen LogP contribution in [0.1, 0.15) is 46.8 Å². The lowest BCUT2D eigenvalue weighted by Crippen LogP contribution is -2.16. The second kappa shape index (κ2) is 8.55. The SMILES string of the molecule is Cc1cc(NC(=O)c2cc(F)cnc2NCc2ccnc3[nH]ccc23)ccc1C(C)C. The fraction of sp³-hybridized carbons (Fsp3) is 0.208. The average molecular weight is 417 g/mol. The van der Waals surface area contributed by atoms with Gasteiger partial charge in [0, 0.05) is 30.0 Å². The summed E-state index contributed by atoms with van der Waals surface area (Å²) in [4.78, 5) is 24.4. The molecule has 0 saturated carbocycles. The molecule has 0 spiro atoms. The van der Waals surface area contributed by atoms with Crippen molar-refractivity contribution in [3.05, 3.63) is 83.1 Å². The molecule has 0 saturated heterocycles. The number of aromatic amines is 1. The molecule has 1 amide bonds. The number of aryl methyl sites for hydroxylation is 1. The quantitative estimate of drug-likeness (QED) is 0.393. The normalized spacial score (nSPS) is 11.1. The molecule has 31 heavy (non-hydrogen) atoms. The lowest BCUT2D eigenvalue weighted by atomic mass is 9.97. The Morgan fingerprint density at radius 3 is 2.77 bits per heavy atom. The Bertz CT molecular complexity index is 1250. The van der Waals surface area contributed by atoms with Gasteiger partial charge in [0.2, 0.25) is 0 Å². The van der Waals surface area contributed by atoms with Gasteiger partial charge in [-0.15, -0.1) is 0 Å². The van der Waals surface area contributed by atoms with Crippen LogP contribution in [0.5, 0.6) is 0 Å².